The van der Waals surface area contributed by atoms with E-state index in [1.165, 1.54) is 34.6 Å². The van der Waals surface area contributed by atoms with Crippen LogP contribution in [0.15, 0.2) is 17.5 Å². The number of nitrogens with zero attached hydrogens (tertiary/aromatic N) is 1. The van der Waals surface area contributed by atoms with Gasteiger partial charge in [-0.05, 0) is 60.4 Å². The molecule has 0 unspecified atom stereocenters. The molecule has 1 saturated heterocycles. The molecule has 2 amide bonds. The minimum atomic E-state index is -0.110. The summed E-state index contributed by atoms with van der Waals surface area (Å²) in [6, 6.07) is 3.72. The molecule has 1 aliphatic carbocycles. The first kappa shape index (κ1) is 21.6. The maximum absolute atomic E-state index is 13.6. The van der Waals surface area contributed by atoms with Gasteiger partial charge < -0.3 is 10.2 Å². The summed E-state index contributed by atoms with van der Waals surface area (Å²) < 4.78 is 0. The second-order valence-corrected chi connectivity index (χ2v) is 11.7. The lowest BCUT2D eigenvalue weighted by Crippen LogP contribution is -2.33. The molecule has 0 bridgehead atoms. The van der Waals surface area contributed by atoms with Crippen LogP contribution < -0.4 is 5.32 Å². The topological polar surface area (TPSA) is 49.4 Å². The molecule has 0 aromatic carbocycles. The fraction of sp³-hybridized carbons (Fsp3) is 0.583. The van der Waals surface area contributed by atoms with Gasteiger partial charge in [0.25, 0.3) is 11.8 Å². The highest BCUT2D eigenvalue weighted by Gasteiger charge is 2.35. The van der Waals surface area contributed by atoms with Crippen LogP contribution in [0.2, 0.25) is 0 Å². The monoisotopic (exact) mass is 444 g/mol. The molecule has 0 saturated carbocycles. The van der Waals surface area contributed by atoms with E-state index >= 15 is 0 Å². The first-order valence-corrected chi connectivity index (χ1v) is 12.8. The van der Waals surface area contributed by atoms with E-state index in [4.69, 9.17) is 0 Å². The van der Waals surface area contributed by atoms with Gasteiger partial charge in [-0.3, -0.25) is 9.59 Å². The number of thiophene rings is 2. The third-order valence-corrected chi connectivity index (χ3v) is 8.61. The second-order valence-electron chi connectivity index (χ2n) is 9.65. The van der Waals surface area contributed by atoms with Gasteiger partial charge in [0, 0.05) is 18.0 Å². The normalized spacial score (nSPS) is 19.8. The molecule has 162 valence electrons. The van der Waals surface area contributed by atoms with Crippen LogP contribution in [0, 0.1) is 11.3 Å². The van der Waals surface area contributed by atoms with E-state index < -0.39 is 0 Å². The number of anilines is 1. The Morgan fingerprint density at radius 3 is 2.50 bits per heavy atom. The number of carbonyl (C=O) groups excluding carboxylic acids is 2. The Hall–Kier alpha value is -1.66. The molecule has 2 aromatic rings. The highest BCUT2D eigenvalue weighted by molar-refractivity contribution is 7.17. The van der Waals surface area contributed by atoms with Gasteiger partial charge in [0.1, 0.15) is 5.00 Å². The van der Waals surface area contributed by atoms with Crippen molar-refractivity contribution in [3.05, 3.63) is 38.4 Å². The summed E-state index contributed by atoms with van der Waals surface area (Å²) in [6.07, 6.45) is 7.56. The summed E-state index contributed by atoms with van der Waals surface area (Å²) >= 11 is 3.06. The van der Waals surface area contributed by atoms with Crippen LogP contribution in [-0.2, 0) is 12.8 Å². The summed E-state index contributed by atoms with van der Waals surface area (Å²) in [4.78, 5) is 30.4. The Balaban J connectivity index is 1.68. The maximum Gasteiger partial charge on any atom is 0.266 e. The lowest BCUT2D eigenvalue weighted by molar-refractivity contribution is 0.0761. The molecule has 6 heteroatoms. The molecule has 4 nitrogen and oxygen atoms in total. The van der Waals surface area contributed by atoms with Gasteiger partial charge in [-0.15, -0.1) is 22.7 Å². The van der Waals surface area contributed by atoms with Gasteiger partial charge in [-0.2, -0.15) is 0 Å². The van der Waals surface area contributed by atoms with Gasteiger partial charge in [0.2, 0.25) is 0 Å². The van der Waals surface area contributed by atoms with Crippen LogP contribution in [0.1, 0.15) is 83.3 Å². The van der Waals surface area contributed by atoms with Crippen LogP contribution >= 0.6 is 22.7 Å². The van der Waals surface area contributed by atoms with E-state index in [-0.39, 0.29) is 17.2 Å². The van der Waals surface area contributed by atoms with E-state index in [9.17, 15) is 9.59 Å². The fourth-order valence-corrected chi connectivity index (χ4v) is 6.58. The second kappa shape index (κ2) is 8.83. The minimum Gasteiger partial charge on any atom is -0.339 e. The van der Waals surface area contributed by atoms with Crippen molar-refractivity contribution in [1.82, 2.24) is 4.90 Å². The van der Waals surface area contributed by atoms with Crippen LogP contribution in [-0.4, -0.2) is 29.8 Å². The number of hydrogen-bond donors (Lipinski definition) is 1. The fourth-order valence-electron chi connectivity index (χ4n) is 4.64. The van der Waals surface area contributed by atoms with Crippen LogP contribution in [0.4, 0.5) is 5.00 Å². The zero-order chi connectivity index (χ0) is 21.3. The average Bonchev–Trinajstić information content (AvgIpc) is 3.27. The van der Waals surface area contributed by atoms with E-state index in [0.717, 1.165) is 55.8 Å². The average molecular weight is 445 g/mol. The lowest BCUT2D eigenvalue weighted by atomic mass is 9.72. The Morgan fingerprint density at radius 2 is 1.87 bits per heavy atom. The van der Waals surface area contributed by atoms with Gasteiger partial charge in [0.15, 0.2) is 0 Å². The lowest BCUT2D eigenvalue weighted by Gasteiger charge is -2.34. The predicted molar refractivity (Wildman–Crippen MR) is 126 cm³/mol. The highest BCUT2D eigenvalue weighted by Crippen LogP contribution is 2.45. The van der Waals surface area contributed by atoms with Crippen molar-refractivity contribution in [2.45, 2.75) is 65.7 Å². The largest absolute Gasteiger partial charge is 0.339 e. The molecular weight excluding hydrogens is 412 g/mol. The Bertz CT molecular complexity index is 901. The standard InChI is InChI=1S/C24H32N2O2S2/c1-24(2,3)16-10-11-17-19(15-16)30-22(25-21(27)18-9-8-14-29-18)20(17)23(28)26-12-6-4-5-7-13-26/h8-9,14,16H,4-7,10-13,15H2,1-3H3,(H,25,27)/t16-/m1/s1. The minimum absolute atomic E-state index is 0.110. The Labute approximate surface area is 187 Å². The van der Waals surface area contributed by atoms with Crippen molar-refractivity contribution in [3.63, 3.8) is 0 Å². The molecule has 3 heterocycles. The summed E-state index contributed by atoms with van der Waals surface area (Å²) in [7, 11) is 0. The third kappa shape index (κ3) is 4.50. The maximum atomic E-state index is 13.6. The summed E-state index contributed by atoms with van der Waals surface area (Å²) in [5, 5.41) is 5.76. The SMILES string of the molecule is CC(C)(C)[C@@H]1CCc2c(sc(NC(=O)c3cccs3)c2C(=O)N2CCCCCC2)C1. The summed E-state index contributed by atoms with van der Waals surface area (Å²) in [6.45, 7) is 8.57. The van der Waals surface area contributed by atoms with Crippen molar-refractivity contribution in [2.24, 2.45) is 11.3 Å². The van der Waals surface area contributed by atoms with Crippen LogP contribution in [0.3, 0.4) is 0 Å². The van der Waals surface area contributed by atoms with Crippen molar-refractivity contribution in [3.8, 4) is 0 Å². The smallest absolute Gasteiger partial charge is 0.266 e. The number of likely N-dealkylation sites (tertiary alicyclic amines) is 1. The first-order chi connectivity index (χ1) is 14.3. The Kier molecular flexibility index (Phi) is 6.35. The van der Waals surface area contributed by atoms with E-state index in [1.807, 2.05) is 22.4 Å². The zero-order valence-electron chi connectivity index (χ0n) is 18.3. The van der Waals surface area contributed by atoms with E-state index in [1.54, 1.807) is 11.3 Å². The molecule has 1 N–H and O–H groups in total. The van der Waals surface area contributed by atoms with E-state index in [0.29, 0.717) is 10.8 Å². The number of amides is 2. The third-order valence-electron chi connectivity index (χ3n) is 6.57. The molecule has 30 heavy (non-hydrogen) atoms. The number of hydrogen-bond acceptors (Lipinski definition) is 4. The molecule has 4 rings (SSSR count). The van der Waals surface area contributed by atoms with Gasteiger partial charge in [-0.25, -0.2) is 0 Å². The Morgan fingerprint density at radius 1 is 1.13 bits per heavy atom. The molecule has 1 aliphatic heterocycles. The highest BCUT2D eigenvalue weighted by atomic mass is 32.1. The molecule has 1 atom stereocenters. The molecule has 2 aromatic heterocycles. The number of rotatable bonds is 3. The summed E-state index contributed by atoms with van der Waals surface area (Å²) in [5.74, 6) is 0.608. The molecule has 0 radical (unpaired) electrons. The number of carbonyl (C=O) groups is 2. The predicted octanol–water partition coefficient (Wildman–Crippen LogP) is 6.23. The van der Waals surface area contributed by atoms with Crippen molar-refractivity contribution in [1.29, 1.82) is 0 Å². The van der Waals surface area contributed by atoms with Crippen LogP contribution in [0.25, 0.3) is 0 Å². The molecular formula is C24H32N2O2S2. The van der Waals surface area contributed by atoms with Gasteiger partial charge >= 0.3 is 0 Å². The number of fused-ring (bicyclic) bond motifs is 1. The van der Waals surface area contributed by atoms with Gasteiger partial charge in [0.05, 0.1) is 10.4 Å². The molecule has 2 aliphatic rings. The number of nitrogens with one attached hydrogen (secondary N) is 1. The molecule has 1 fully saturated rings. The quantitative estimate of drug-likeness (QED) is 0.610. The summed E-state index contributed by atoms with van der Waals surface area (Å²) in [5.41, 5.74) is 2.21. The van der Waals surface area contributed by atoms with Crippen molar-refractivity contribution in [2.75, 3.05) is 18.4 Å². The van der Waals surface area contributed by atoms with Crippen molar-refractivity contribution >= 4 is 39.5 Å². The van der Waals surface area contributed by atoms with Gasteiger partial charge in [-0.1, -0.05) is 39.7 Å². The first-order valence-electron chi connectivity index (χ1n) is 11.1. The van der Waals surface area contributed by atoms with Crippen LogP contribution in [0.5, 0.6) is 0 Å². The van der Waals surface area contributed by atoms with E-state index in [2.05, 4.69) is 26.1 Å². The molecule has 0 spiro atoms. The zero-order valence-corrected chi connectivity index (χ0v) is 19.9. The van der Waals surface area contributed by atoms with Crippen molar-refractivity contribution < 1.29 is 9.59 Å².